The van der Waals surface area contributed by atoms with E-state index >= 15 is 0 Å². The second-order valence-corrected chi connectivity index (χ2v) is 4.46. The van der Waals surface area contributed by atoms with E-state index in [1.165, 1.54) is 11.3 Å². The van der Waals surface area contributed by atoms with Crippen LogP contribution in [-0.2, 0) is 6.42 Å². The molecule has 2 N–H and O–H groups in total. The molecule has 0 aliphatic carbocycles. The van der Waals surface area contributed by atoms with Crippen LogP contribution in [0, 0.1) is 0 Å². The molecule has 0 unspecified atom stereocenters. The van der Waals surface area contributed by atoms with Crippen molar-refractivity contribution in [2.24, 2.45) is 0 Å². The molecular weight excluding hydrogens is 234 g/mol. The number of amides is 1. The second-order valence-electron chi connectivity index (χ2n) is 3.68. The van der Waals surface area contributed by atoms with Gasteiger partial charge in [-0.25, -0.2) is 0 Å². The highest BCUT2D eigenvalue weighted by atomic mass is 32.1. The first-order valence-corrected chi connectivity index (χ1v) is 6.28. The Balaban J connectivity index is 1.80. The van der Waals surface area contributed by atoms with Gasteiger partial charge in [0.1, 0.15) is 5.75 Å². The van der Waals surface area contributed by atoms with Gasteiger partial charge in [-0.3, -0.25) is 4.79 Å². The quantitative estimate of drug-likeness (QED) is 0.871. The normalized spacial score (nSPS) is 10.1. The minimum absolute atomic E-state index is 0.0370. The summed E-state index contributed by atoms with van der Waals surface area (Å²) in [6, 6.07) is 8.81. The fourth-order valence-corrected chi connectivity index (χ4v) is 2.11. The molecule has 0 aliphatic heterocycles. The summed E-state index contributed by atoms with van der Waals surface area (Å²) in [5.74, 6) is 0.223. The molecule has 0 spiro atoms. The van der Waals surface area contributed by atoms with E-state index in [1.807, 2.05) is 22.9 Å². The molecule has 0 aliphatic rings. The zero-order valence-electron chi connectivity index (χ0n) is 9.22. The molecule has 1 amide bonds. The Morgan fingerprint density at radius 1 is 1.24 bits per heavy atom. The molecule has 0 fully saturated rings. The van der Waals surface area contributed by atoms with Gasteiger partial charge in [0.25, 0.3) is 5.91 Å². The number of aromatic hydroxyl groups is 1. The minimum Gasteiger partial charge on any atom is -0.508 e. The van der Waals surface area contributed by atoms with Crippen molar-refractivity contribution in [3.05, 3.63) is 52.2 Å². The van der Waals surface area contributed by atoms with Crippen LogP contribution < -0.4 is 5.32 Å². The topological polar surface area (TPSA) is 49.3 Å². The highest BCUT2D eigenvalue weighted by Gasteiger charge is 2.04. The van der Waals surface area contributed by atoms with Crippen LogP contribution >= 0.6 is 11.3 Å². The van der Waals surface area contributed by atoms with Crippen molar-refractivity contribution in [1.29, 1.82) is 0 Å². The Hall–Kier alpha value is -1.81. The van der Waals surface area contributed by atoms with Crippen molar-refractivity contribution in [2.45, 2.75) is 6.42 Å². The third-order valence-corrected chi connectivity index (χ3v) is 3.10. The SMILES string of the molecule is O=C(NCCc1ccc(O)cc1)c1ccsc1. The molecule has 4 heteroatoms. The summed E-state index contributed by atoms with van der Waals surface area (Å²) in [5, 5.41) is 15.7. The van der Waals surface area contributed by atoms with Crippen molar-refractivity contribution in [3.63, 3.8) is 0 Å². The standard InChI is InChI=1S/C13H13NO2S/c15-12-3-1-10(2-4-12)5-7-14-13(16)11-6-8-17-9-11/h1-4,6,8-9,15H,5,7H2,(H,14,16). The zero-order chi connectivity index (χ0) is 12.1. The first-order valence-electron chi connectivity index (χ1n) is 5.34. The number of carbonyl (C=O) groups is 1. The van der Waals surface area contributed by atoms with Crippen molar-refractivity contribution >= 4 is 17.2 Å². The third kappa shape index (κ3) is 3.32. The minimum atomic E-state index is -0.0370. The summed E-state index contributed by atoms with van der Waals surface area (Å²) < 4.78 is 0. The number of nitrogens with one attached hydrogen (secondary N) is 1. The van der Waals surface area contributed by atoms with Gasteiger partial charge < -0.3 is 10.4 Å². The maximum atomic E-state index is 11.6. The lowest BCUT2D eigenvalue weighted by Gasteiger charge is -2.04. The number of hydrogen-bond acceptors (Lipinski definition) is 3. The summed E-state index contributed by atoms with van der Waals surface area (Å²) in [5.41, 5.74) is 1.80. The first-order chi connectivity index (χ1) is 8.25. The van der Waals surface area contributed by atoms with Crippen molar-refractivity contribution in [3.8, 4) is 5.75 Å². The molecule has 0 saturated heterocycles. The van der Waals surface area contributed by atoms with Crippen LogP contribution in [0.3, 0.4) is 0 Å². The zero-order valence-corrected chi connectivity index (χ0v) is 10.0. The van der Waals surface area contributed by atoms with E-state index in [2.05, 4.69) is 5.32 Å². The van der Waals surface area contributed by atoms with Crippen molar-refractivity contribution in [2.75, 3.05) is 6.54 Å². The van der Waals surface area contributed by atoms with Gasteiger partial charge in [-0.2, -0.15) is 11.3 Å². The van der Waals surface area contributed by atoms with Crippen LogP contribution in [0.5, 0.6) is 5.75 Å². The summed E-state index contributed by atoms with van der Waals surface area (Å²) in [4.78, 5) is 11.6. The van der Waals surface area contributed by atoms with Gasteiger partial charge in [0.15, 0.2) is 0 Å². The summed E-state index contributed by atoms with van der Waals surface area (Å²) in [7, 11) is 0. The molecule has 0 radical (unpaired) electrons. The van der Waals surface area contributed by atoms with Gasteiger partial charge in [0, 0.05) is 17.5 Å². The van der Waals surface area contributed by atoms with Gasteiger partial charge in [-0.1, -0.05) is 12.1 Å². The van der Waals surface area contributed by atoms with Crippen molar-refractivity contribution < 1.29 is 9.90 Å². The Morgan fingerprint density at radius 3 is 2.65 bits per heavy atom. The average molecular weight is 247 g/mol. The van der Waals surface area contributed by atoms with Gasteiger partial charge in [-0.05, 0) is 35.6 Å². The smallest absolute Gasteiger partial charge is 0.252 e. The van der Waals surface area contributed by atoms with Gasteiger partial charge in [-0.15, -0.1) is 0 Å². The Kier molecular flexibility index (Phi) is 3.77. The van der Waals surface area contributed by atoms with E-state index < -0.39 is 0 Å². The van der Waals surface area contributed by atoms with Crippen LogP contribution in [0.1, 0.15) is 15.9 Å². The number of benzene rings is 1. The molecule has 1 aromatic carbocycles. The van der Waals surface area contributed by atoms with Crippen LogP contribution in [0.25, 0.3) is 0 Å². The Bertz CT molecular complexity index is 477. The third-order valence-electron chi connectivity index (χ3n) is 2.42. The van der Waals surface area contributed by atoms with E-state index in [-0.39, 0.29) is 11.7 Å². The number of phenols is 1. The monoisotopic (exact) mass is 247 g/mol. The van der Waals surface area contributed by atoms with Crippen molar-refractivity contribution in [1.82, 2.24) is 5.32 Å². The summed E-state index contributed by atoms with van der Waals surface area (Å²) >= 11 is 1.51. The maximum absolute atomic E-state index is 11.6. The van der Waals surface area contributed by atoms with E-state index in [9.17, 15) is 4.79 Å². The predicted molar refractivity (Wildman–Crippen MR) is 68.5 cm³/mol. The molecule has 1 aromatic heterocycles. The molecule has 17 heavy (non-hydrogen) atoms. The largest absolute Gasteiger partial charge is 0.508 e. The average Bonchev–Trinajstić information content (AvgIpc) is 2.85. The molecule has 0 atom stereocenters. The van der Waals surface area contributed by atoms with Gasteiger partial charge in [0.2, 0.25) is 0 Å². The summed E-state index contributed by atoms with van der Waals surface area (Å²) in [6.45, 7) is 0.597. The fourth-order valence-electron chi connectivity index (χ4n) is 1.48. The molecular formula is C13H13NO2S. The molecule has 2 rings (SSSR count). The number of thiophene rings is 1. The number of rotatable bonds is 4. The molecule has 3 nitrogen and oxygen atoms in total. The highest BCUT2D eigenvalue weighted by Crippen LogP contribution is 2.10. The van der Waals surface area contributed by atoms with Crippen LogP contribution in [0.15, 0.2) is 41.1 Å². The number of carbonyl (C=O) groups excluding carboxylic acids is 1. The van der Waals surface area contributed by atoms with E-state index in [0.29, 0.717) is 12.1 Å². The fraction of sp³-hybridized carbons (Fsp3) is 0.154. The number of phenolic OH excluding ortho intramolecular Hbond substituents is 1. The number of hydrogen-bond donors (Lipinski definition) is 2. The molecule has 0 bridgehead atoms. The lowest BCUT2D eigenvalue weighted by molar-refractivity contribution is 0.0954. The van der Waals surface area contributed by atoms with Crippen LogP contribution in [0.4, 0.5) is 0 Å². The van der Waals surface area contributed by atoms with Crippen LogP contribution in [-0.4, -0.2) is 17.6 Å². The lowest BCUT2D eigenvalue weighted by Crippen LogP contribution is -2.25. The van der Waals surface area contributed by atoms with Crippen LogP contribution in [0.2, 0.25) is 0 Å². The van der Waals surface area contributed by atoms with E-state index in [1.54, 1.807) is 18.2 Å². The van der Waals surface area contributed by atoms with Gasteiger partial charge >= 0.3 is 0 Å². The molecule has 0 saturated carbocycles. The summed E-state index contributed by atoms with van der Waals surface area (Å²) in [6.07, 6.45) is 0.760. The van der Waals surface area contributed by atoms with E-state index in [0.717, 1.165) is 12.0 Å². The predicted octanol–water partition coefficient (Wildman–Crippen LogP) is 2.43. The molecule has 1 heterocycles. The highest BCUT2D eigenvalue weighted by molar-refractivity contribution is 7.08. The Labute approximate surface area is 104 Å². The Morgan fingerprint density at radius 2 is 2.00 bits per heavy atom. The second kappa shape index (κ2) is 5.50. The maximum Gasteiger partial charge on any atom is 0.252 e. The first kappa shape index (κ1) is 11.7. The van der Waals surface area contributed by atoms with E-state index in [4.69, 9.17) is 5.11 Å². The lowest BCUT2D eigenvalue weighted by atomic mass is 10.1. The molecule has 2 aromatic rings. The van der Waals surface area contributed by atoms with Gasteiger partial charge in [0.05, 0.1) is 0 Å². The molecule has 88 valence electrons.